The van der Waals surface area contributed by atoms with Gasteiger partial charge in [0.2, 0.25) is 0 Å². The Hall–Kier alpha value is -13.6. The van der Waals surface area contributed by atoms with E-state index in [4.69, 9.17) is 4.74 Å². The minimum absolute atomic E-state index is 0.0867. The van der Waals surface area contributed by atoms with Crippen LogP contribution in [0.15, 0.2) is 352 Å². The number of aromatic nitrogens is 1. The average Bonchev–Trinajstić information content (AvgIpc) is 0.726. The van der Waals surface area contributed by atoms with Crippen LogP contribution in [0.25, 0.3) is 72.0 Å². The fourth-order valence-electron chi connectivity index (χ4n) is 20.1. The molecule has 5 heterocycles. The van der Waals surface area contributed by atoms with Crippen molar-refractivity contribution >= 4 is 136 Å². The summed E-state index contributed by atoms with van der Waals surface area (Å²) in [6.07, 6.45) is 0. The first kappa shape index (κ1) is 77.8. The fourth-order valence-corrected chi connectivity index (χ4v) is 20.1. The van der Waals surface area contributed by atoms with Crippen molar-refractivity contribution in [3.05, 3.63) is 380 Å². The molecule has 6 nitrogen and oxygen atoms in total. The van der Waals surface area contributed by atoms with Gasteiger partial charge in [-0.1, -0.05) is 353 Å². The molecule has 0 aliphatic carbocycles. The molecular weight excluding hydrogens is 1500 g/mol. The van der Waals surface area contributed by atoms with Gasteiger partial charge in [0.1, 0.15) is 11.5 Å². The molecule has 0 amide bonds. The van der Waals surface area contributed by atoms with Crippen LogP contribution >= 0.6 is 0 Å². The van der Waals surface area contributed by atoms with Crippen LogP contribution in [0.2, 0.25) is 0 Å². The van der Waals surface area contributed by atoms with E-state index < -0.39 is 0 Å². The Morgan fingerprint density at radius 2 is 0.597 bits per heavy atom. The van der Waals surface area contributed by atoms with Gasteiger partial charge in [0.05, 0.1) is 33.8 Å². The lowest BCUT2D eigenvalue weighted by molar-refractivity contribution is 0.487. The van der Waals surface area contributed by atoms with E-state index in [9.17, 15) is 0 Å². The van der Waals surface area contributed by atoms with E-state index in [0.717, 1.165) is 152 Å². The van der Waals surface area contributed by atoms with Gasteiger partial charge in [-0.2, -0.15) is 0 Å². The van der Waals surface area contributed by atoms with E-state index in [1.54, 1.807) is 0 Å². The van der Waals surface area contributed by atoms with Crippen molar-refractivity contribution in [2.24, 2.45) is 0 Å². The Morgan fingerprint density at radius 1 is 0.242 bits per heavy atom. The molecule has 604 valence electrons. The molecule has 16 aromatic carbocycles. The largest absolute Gasteiger partial charge is 0.458 e. The molecule has 0 N–H and O–H groups in total. The van der Waals surface area contributed by atoms with Crippen molar-refractivity contribution < 1.29 is 4.74 Å². The molecule has 0 radical (unpaired) electrons. The SMILES string of the molecule is CC(C)(C)c1ccc(N2c3cc(C(C)(C)C)ccc3B3c4cc5c(cc4N(c4c(-c6ccccc6)cccc4-c4ccccc4)c4cc(N(c6ccccc6)c6ccccc6)cc2c43)Oc2cc(-n3c4ccc(C(C)(C)C)cc4c4cc(C(C)(C)C)ccc43)cc3c2B5c2ccc(C(C)(C)C)cc2N3c2c(-c3ccccc3)cccc2-c2ccccc2)cc1. The van der Waals surface area contributed by atoms with Crippen molar-refractivity contribution in [3.8, 4) is 61.7 Å². The van der Waals surface area contributed by atoms with Gasteiger partial charge in [0.25, 0.3) is 13.4 Å². The number of benzene rings is 16. The minimum Gasteiger partial charge on any atom is -0.458 e. The fraction of sp³-hybridized carbons (Fsp3) is 0.172. The Balaban J connectivity index is 0.924. The van der Waals surface area contributed by atoms with Gasteiger partial charge in [-0.3, -0.25) is 0 Å². The Morgan fingerprint density at radius 3 is 1.02 bits per heavy atom. The summed E-state index contributed by atoms with van der Waals surface area (Å²) in [7, 11) is 0. The number of hydrogen-bond donors (Lipinski definition) is 0. The molecule has 21 rings (SSSR count). The molecule has 0 atom stereocenters. The highest BCUT2D eigenvalue weighted by Crippen LogP contribution is 2.56. The quantitative estimate of drug-likeness (QED) is 0.120. The summed E-state index contributed by atoms with van der Waals surface area (Å²) in [6.45, 7) is 34.4. The maximum Gasteiger partial charge on any atom is 0.256 e. The summed E-state index contributed by atoms with van der Waals surface area (Å²) in [5.74, 6) is 1.61. The van der Waals surface area contributed by atoms with E-state index in [2.05, 4.69) is 480 Å². The molecule has 4 aliphatic heterocycles. The van der Waals surface area contributed by atoms with E-state index >= 15 is 0 Å². The molecule has 8 heteroatoms. The highest BCUT2D eigenvalue weighted by atomic mass is 16.5. The van der Waals surface area contributed by atoms with Gasteiger partial charge in [-0.05, 0) is 201 Å². The average molecular weight is 1600 g/mol. The van der Waals surface area contributed by atoms with Gasteiger partial charge in [-0.25, -0.2) is 0 Å². The Bertz CT molecular complexity index is 6860. The van der Waals surface area contributed by atoms with E-state index in [-0.39, 0.29) is 40.5 Å². The predicted molar refractivity (Wildman–Crippen MR) is 531 cm³/mol. The lowest BCUT2D eigenvalue weighted by Gasteiger charge is -2.47. The number of ether oxygens (including phenoxy) is 1. The van der Waals surface area contributed by atoms with Gasteiger partial charge in [0, 0.05) is 96.3 Å². The zero-order valence-corrected chi connectivity index (χ0v) is 73.8. The van der Waals surface area contributed by atoms with Crippen LogP contribution < -0.4 is 57.1 Å². The molecule has 4 aliphatic rings. The second-order valence-corrected chi connectivity index (χ2v) is 39.7. The summed E-state index contributed by atoms with van der Waals surface area (Å²) in [6, 6.07) is 134. The third-order valence-corrected chi connectivity index (χ3v) is 26.6. The highest BCUT2D eigenvalue weighted by molar-refractivity contribution is 7.02. The lowest BCUT2D eigenvalue weighted by Crippen LogP contribution is -2.64. The number of para-hydroxylation sites is 4. The van der Waals surface area contributed by atoms with E-state index in [1.807, 2.05) is 0 Å². The van der Waals surface area contributed by atoms with Gasteiger partial charge in [0.15, 0.2) is 0 Å². The maximum absolute atomic E-state index is 8.42. The molecule has 0 bridgehead atoms. The van der Waals surface area contributed by atoms with Crippen LogP contribution in [-0.2, 0) is 27.1 Å². The topological polar surface area (TPSA) is 27.1 Å². The third kappa shape index (κ3) is 13.0. The number of fused-ring (bicyclic) bond motifs is 11. The predicted octanol–water partition coefficient (Wildman–Crippen LogP) is 27.9. The smallest absolute Gasteiger partial charge is 0.256 e. The standard InChI is InChI=1S/C116H103B2N5O/c1-112(2,3)78-52-58-85(59-53-78)120-100-66-81(115(10,11)12)54-60-94(100)117-96-72-97-106(73-102(96)123(111-90(76-40-26-18-27-41-76)50-35-51-91(111)77-42-28-19-29-43-77)104-69-86(68-103(120)108(104)117)119(83-44-30-20-31-45-83)84-46-32-21-33-47-84)124-107-71-87(121-98-62-56-79(113(4,5)6)64-92(98)93-65-80(114(7,8)9)57-63-99(93)121)70-105-109(107)118(97)95-61-55-82(116(13,14)15)67-101(95)122(105)110-88(74-36-22-16-23-37-74)48-34-49-89(110)75-38-24-17-25-39-75/h16-73H,1-15H3. The zero-order chi connectivity index (χ0) is 85.2. The first-order valence-corrected chi connectivity index (χ1v) is 44.2. The first-order chi connectivity index (χ1) is 59.7. The summed E-state index contributed by atoms with van der Waals surface area (Å²) < 4.78 is 11.0. The van der Waals surface area contributed by atoms with Gasteiger partial charge >= 0.3 is 0 Å². The Kier molecular flexibility index (Phi) is 18.2. The summed E-state index contributed by atoms with van der Waals surface area (Å²) in [4.78, 5) is 10.4. The molecule has 124 heavy (non-hydrogen) atoms. The molecule has 0 saturated heterocycles. The summed E-state index contributed by atoms with van der Waals surface area (Å²) >= 11 is 0. The molecule has 17 aromatic rings. The van der Waals surface area contributed by atoms with Crippen molar-refractivity contribution in [1.29, 1.82) is 0 Å². The first-order valence-electron chi connectivity index (χ1n) is 44.2. The van der Waals surface area contributed by atoms with Crippen LogP contribution in [0.4, 0.5) is 68.2 Å². The van der Waals surface area contributed by atoms with Crippen LogP contribution in [0.5, 0.6) is 11.5 Å². The lowest BCUT2D eigenvalue weighted by atomic mass is 9.30. The van der Waals surface area contributed by atoms with Gasteiger partial charge in [-0.15, -0.1) is 0 Å². The molecule has 0 unspecified atom stereocenters. The van der Waals surface area contributed by atoms with Crippen molar-refractivity contribution in [3.63, 3.8) is 0 Å². The molecular formula is C116H103B2N5O. The van der Waals surface area contributed by atoms with Crippen molar-refractivity contribution in [2.75, 3.05) is 19.6 Å². The zero-order valence-electron chi connectivity index (χ0n) is 73.8. The maximum atomic E-state index is 8.42. The highest BCUT2D eigenvalue weighted by Gasteiger charge is 2.50. The number of rotatable bonds is 11. The number of anilines is 12. The molecule has 0 fully saturated rings. The van der Waals surface area contributed by atoms with E-state index in [0.29, 0.717) is 0 Å². The van der Waals surface area contributed by atoms with Crippen molar-refractivity contribution in [2.45, 2.75) is 131 Å². The van der Waals surface area contributed by atoms with Gasteiger partial charge < -0.3 is 28.9 Å². The van der Waals surface area contributed by atoms with Crippen LogP contribution in [0.3, 0.4) is 0 Å². The van der Waals surface area contributed by atoms with Crippen LogP contribution in [0.1, 0.15) is 132 Å². The number of nitrogens with zero attached hydrogens (tertiary/aromatic N) is 5. The minimum atomic E-state index is -0.345. The second-order valence-electron chi connectivity index (χ2n) is 39.7. The normalized spacial score (nSPS) is 13.4. The Labute approximate surface area is 732 Å². The number of hydrogen-bond acceptors (Lipinski definition) is 5. The van der Waals surface area contributed by atoms with Crippen LogP contribution in [-0.4, -0.2) is 18.0 Å². The molecule has 0 spiro atoms. The molecule has 0 saturated carbocycles. The molecule has 1 aromatic heterocycles. The second kappa shape index (κ2) is 29.1. The van der Waals surface area contributed by atoms with Crippen LogP contribution in [0, 0.1) is 0 Å². The monoisotopic (exact) mass is 1600 g/mol. The summed E-state index contributed by atoms with van der Waals surface area (Å²) in [5, 5.41) is 2.45. The third-order valence-electron chi connectivity index (χ3n) is 26.6. The van der Waals surface area contributed by atoms with E-state index in [1.165, 1.54) is 60.4 Å². The summed E-state index contributed by atoms with van der Waals surface area (Å²) in [5.41, 5.74) is 37.8. The van der Waals surface area contributed by atoms with Crippen molar-refractivity contribution in [1.82, 2.24) is 4.57 Å².